The molecule has 142 valence electrons. The van der Waals surface area contributed by atoms with Crippen molar-refractivity contribution in [1.29, 1.82) is 0 Å². The Morgan fingerprint density at radius 2 is 1.81 bits per heavy atom. The third kappa shape index (κ3) is 5.20. The van der Waals surface area contributed by atoms with Gasteiger partial charge in [0.2, 0.25) is 0 Å². The lowest BCUT2D eigenvalue weighted by atomic mass is 10.2. The lowest BCUT2D eigenvalue weighted by Gasteiger charge is -2.32. The second-order valence-electron chi connectivity index (χ2n) is 6.23. The molecule has 0 aliphatic carbocycles. The van der Waals surface area contributed by atoms with Crippen LogP contribution in [0.3, 0.4) is 0 Å². The van der Waals surface area contributed by atoms with Gasteiger partial charge in [-0.1, -0.05) is 23.4 Å². The van der Waals surface area contributed by atoms with Crippen LogP contribution in [0, 0.1) is 10.1 Å². The van der Waals surface area contributed by atoms with Crippen molar-refractivity contribution < 1.29 is 9.72 Å². The number of piperazine rings is 1. The van der Waals surface area contributed by atoms with E-state index in [1.165, 1.54) is 17.8 Å². The first kappa shape index (κ1) is 19.6. The smallest absolute Gasteiger partial charge is 0.284 e. The maximum Gasteiger partial charge on any atom is 0.284 e. The number of carbonyl (C=O) groups excluding carboxylic acids is 1. The third-order valence-electron chi connectivity index (χ3n) is 4.22. The van der Waals surface area contributed by atoms with Crippen molar-refractivity contribution in [3.8, 4) is 0 Å². The van der Waals surface area contributed by atoms with E-state index in [0.29, 0.717) is 9.92 Å². The maximum atomic E-state index is 12.5. The van der Waals surface area contributed by atoms with Crippen molar-refractivity contribution in [1.82, 2.24) is 15.3 Å². The number of hydrazine groups is 1. The summed E-state index contributed by atoms with van der Waals surface area (Å²) in [6.45, 7) is 3.15. The molecule has 1 aliphatic rings. The first-order valence-electron chi connectivity index (χ1n) is 8.39. The van der Waals surface area contributed by atoms with Gasteiger partial charge in [-0.15, -0.1) is 0 Å². The van der Waals surface area contributed by atoms with E-state index in [2.05, 4.69) is 10.3 Å². The first-order valence-corrected chi connectivity index (χ1v) is 9.58. The predicted octanol–water partition coefficient (Wildman–Crippen LogP) is 3.29. The van der Waals surface area contributed by atoms with E-state index < -0.39 is 4.92 Å². The normalized spacial score (nSPS) is 15.5. The Hall–Kier alpha value is -2.13. The van der Waals surface area contributed by atoms with Gasteiger partial charge in [0, 0.05) is 47.7 Å². The molecule has 1 heterocycles. The van der Waals surface area contributed by atoms with Crippen LogP contribution in [0.1, 0.15) is 10.4 Å². The fraction of sp³-hybridized carbons (Fsp3) is 0.278. The molecule has 27 heavy (non-hydrogen) atoms. The van der Waals surface area contributed by atoms with E-state index >= 15 is 0 Å². The van der Waals surface area contributed by atoms with Gasteiger partial charge < -0.3 is 4.90 Å². The van der Waals surface area contributed by atoms with Crippen molar-refractivity contribution in [3.05, 3.63) is 63.2 Å². The van der Waals surface area contributed by atoms with Gasteiger partial charge in [-0.2, -0.15) is 0 Å². The molecule has 0 bridgehead atoms. The molecular weight excluding hydrogens is 388 g/mol. The summed E-state index contributed by atoms with van der Waals surface area (Å²) in [5.74, 6) is -0.342. The average molecular weight is 407 g/mol. The topological polar surface area (TPSA) is 78.7 Å². The number of nitro groups is 1. The van der Waals surface area contributed by atoms with Crippen LogP contribution in [0.5, 0.6) is 0 Å². The zero-order chi connectivity index (χ0) is 19.4. The quantitative estimate of drug-likeness (QED) is 0.606. The number of rotatable bonds is 5. The van der Waals surface area contributed by atoms with Gasteiger partial charge >= 0.3 is 0 Å². The van der Waals surface area contributed by atoms with E-state index in [0.717, 1.165) is 31.1 Å². The molecule has 1 amide bonds. The van der Waals surface area contributed by atoms with Crippen LogP contribution in [0.4, 0.5) is 5.69 Å². The molecule has 1 saturated heterocycles. The van der Waals surface area contributed by atoms with Crippen molar-refractivity contribution in [2.24, 2.45) is 0 Å². The molecule has 1 N–H and O–H groups in total. The number of halogens is 1. The Kier molecular flexibility index (Phi) is 6.33. The van der Waals surface area contributed by atoms with Gasteiger partial charge in [0.1, 0.15) is 0 Å². The van der Waals surface area contributed by atoms with Crippen LogP contribution in [-0.2, 0) is 0 Å². The highest BCUT2D eigenvalue weighted by atomic mass is 35.5. The molecule has 2 aromatic carbocycles. The third-order valence-corrected chi connectivity index (χ3v) is 5.55. The Balaban J connectivity index is 1.75. The molecule has 0 radical (unpaired) electrons. The number of likely N-dealkylation sites (N-methyl/N-ethyl adjacent to an activating group) is 1. The number of nitrogens with one attached hydrogen (secondary N) is 1. The summed E-state index contributed by atoms with van der Waals surface area (Å²) in [4.78, 5) is 27.0. The van der Waals surface area contributed by atoms with Crippen molar-refractivity contribution in [2.75, 3.05) is 33.2 Å². The molecule has 2 aromatic rings. The minimum absolute atomic E-state index is 0.0963. The van der Waals surface area contributed by atoms with Gasteiger partial charge in [-0.3, -0.25) is 20.3 Å². The minimum atomic E-state index is -0.467. The molecule has 1 fully saturated rings. The zero-order valence-corrected chi connectivity index (χ0v) is 16.3. The van der Waals surface area contributed by atoms with Gasteiger partial charge in [-0.05, 0) is 43.4 Å². The standard InChI is InChI=1S/C18H19ClN4O3S/c1-21-8-10-22(11-9-21)20-18(24)13-2-7-17(16(12-13)23(25)26)27-15-5-3-14(19)4-6-15/h2-7,12H,8-11H2,1H3,(H,20,24). The molecule has 0 unspecified atom stereocenters. The summed E-state index contributed by atoms with van der Waals surface area (Å²) in [5.41, 5.74) is 2.99. The lowest BCUT2D eigenvalue weighted by molar-refractivity contribution is -0.387. The van der Waals surface area contributed by atoms with E-state index in [1.807, 2.05) is 12.1 Å². The maximum absolute atomic E-state index is 12.5. The number of hydrogen-bond acceptors (Lipinski definition) is 6. The van der Waals surface area contributed by atoms with Crippen LogP contribution >= 0.6 is 23.4 Å². The summed E-state index contributed by atoms with van der Waals surface area (Å²) in [7, 11) is 2.03. The van der Waals surface area contributed by atoms with Crippen LogP contribution in [-0.4, -0.2) is 54.0 Å². The number of hydrogen-bond donors (Lipinski definition) is 1. The number of benzene rings is 2. The monoisotopic (exact) mass is 406 g/mol. The van der Waals surface area contributed by atoms with Crippen LogP contribution in [0.25, 0.3) is 0 Å². The fourth-order valence-electron chi connectivity index (χ4n) is 2.64. The average Bonchev–Trinajstić information content (AvgIpc) is 2.65. The molecule has 0 spiro atoms. The fourth-order valence-corrected chi connectivity index (χ4v) is 3.67. The number of carbonyl (C=O) groups is 1. The molecule has 9 heteroatoms. The molecular formula is C18H19ClN4O3S. The van der Waals surface area contributed by atoms with Gasteiger partial charge in [0.15, 0.2) is 0 Å². The number of nitrogens with zero attached hydrogens (tertiary/aromatic N) is 3. The molecule has 1 aliphatic heterocycles. The largest absolute Gasteiger partial charge is 0.304 e. The van der Waals surface area contributed by atoms with Crippen LogP contribution < -0.4 is 5.43 Å². The predicted molar refractivity (Wildman–Crippen MR) is 105 cm³/mol. The lowest BCUT2D eigenvalue weighted by Crippen LogP contribution is -2.52. The Morgan fingerprint density at radius 1 is 1.15 bits per heavy atom. The van der Waals surface area contributed by atoms with Crippen molar-refractivity contribution in [3.63, 3.8) is 0 Å². The zero-order valence-electron chi connectivity index (χ0n) is 14.7. The van der Waals surface area contributed by atoms with Gasteiger partial charge in [0.05, 0.1) is 9.82 Å². The number of amides is 1. The Bertz CT molecular complexity index is 839. The second-order valence-corrected chi connectivity index (χ2v) is 7.78. The summed E-state index contributed by atoms with van der Waals surface area (Å²) >= 11 is 7.13. The van der Waals surface area contributed by atoms with Crippen molar-refractivity contribution >= 4 is 35.0 Å². The Labute approximate surface area is 166 Å². The van der Waals surface area contributed by atoms with Crippen LogP contribution in [0.2, 0.25) is 5.02 Å². The van der Waals surface area contributed by atoms with Gasteiger partial charge in [-0.25, -0.2) is 5.01 Å². The van der Waals surface area contributed by atoms with E-state index in [4.69, 9.17) is 11.6 Å². The first-order chi connectivity index (χ1) is 12.9. The minimum Gasteiger partial charge on any atom is -0.304 e. The molecule has 3 rings (SSSR count). The summed E-state index contributed by atoms with van der Waals surface area (Å²) < 4.78 is 0. The molecule has 0 atom stereocenters. The summed E-state index contributed by atoms with van der Waals surface area (Å²) in [6, 6.07) is 11.6. The SMILES string of the molecule is CN1CCN(NC(=O)c2ccc(Sc3ccc(Cl)cc3)c([N+](=O)[O-])c2)CC1. The highest BCUT2D eigenvalue weighted by Gasteiger charge is 2.21. The second kappa shape index (κ2) is 8.71. The van der Waals surface area contributed by atoms with E-state index in [1.54, 1.807) is 36.4 Å². The van der Waals surface area contributed by atoms with E-state index in [9.17, 15) is 14.9 Å². The Morgan fingerprint density at radius 3 is 2.44 bits per heavy atom. The number of nitro benzene ring substituents is 1. The molecule has 7 nitrogen and oxygen atoms in total. The molecule has 0 saturated carbocycles. The summed E-state index contributed by atoms with van der Waals surface area (Å²) in [6.07, 6.45) is 0. The van der Waals surface area contributed by atoms with Gasteiger partial charge in [0.25, 0.3) is 11.6 Å². The van der Waals surface area contributed by atoms with E-state index in [-0.39, 0.29) is 17.2 Å². The molecule has 0 aromatic heterocycles. The summed E-state index contributed by atoms with van der Waals surface area (Å²) in [5, 5.41) is 13.9. The van der Waals surface area contributed by atoms with Crippen molar-refractivity contribution in [2.45, 2.75) is 9.79 Å². The highest BCUT2D eigenvalue weighted by molar-refractivity contribution is 7.99. The van der Waals surface area contributed by atoms with Crippen LogP contribution in [0.15, 0.2) is 52.3 Å². The highest BCUT2D eigenvalue weighted by Crippen LogP contribution is 2.35.